The van der Waals surface area contributed by atoms with Crippen molar-refractivity contribution in [3.8, 4) is 6.07 Å². The van der Waals surface area contributed by atoms with Gasteiger partial charge in [0.15, 0.2) is 0 Å². The molecule has 1 N–H and O–H groups in total. The molecule has 1 amide bonds. The molecule has 0 heterocycles. The minimum atomic E-state index is -0.479. The third-order valence-corrected chi connectivity index (χ3v) is 3.96. The van der Waals surface area contributed by atoms with Crippen molar-refractivity contribution in [1.29, 1.82) is 5.26 Å². The molecule has 4 atom stereocenters. The zero-order valence-corrected chi connectivity index (χ0v) is 10.5. The number of hydrogen-bond acceptors (Lipinski definition) is 2. The summed E-state index contributed by atoms with van der Waals surface area (Å²) in [6.07, 6.45) is 4.04. The van der Waals surface area contributed by atoms with Gasteiger partial charge in [0.05, 0.1) is 6.07 Å². The molecule has 0 spiro atoms. The van der Waals surface area contributed by atoms with Crippen LogP contribution in [0.3, 0.4) is 0 Å². The monoisotopic (exact) mass is 222 g/mol. The fourth-order valence-corrected chi connectivity index (χ4v) is 2.65. The van der Waals surface area contributed by atoms with Gasteiger partial charge in [-0.2, -0.15) is 5.26 Å². The third kappa shape index (κ3) is 2.75. The average molecular weight is 222 g/mol. The highest BCUT2D eigenvalue weighted by Crippen LogP contribution is 2.33. The van der Waals surface area contributed by atoms with Crippen LogP contribution in [-0.4, -0.2) is 11.9 Å². The quantitative estimate of drug-likeness (QED) is 0.794. The summed E-state index contributed by atoms with van der Waals surface area (Å²) in [7, 11) is 0. The van der Waals surface area contributed by atoms with Crippen LogP contribution in [0.15, 0.2) is 0 Å². The van der Waals surface area contributed by atoms with E-state index in [9.17, 15) is 4.79 Å². The first kappa shape index (κ1) is 13.0. The molecule has 0 radical (unpaired) electrons. The molecule has 0 aromatic carbocycles. The Morgan fingerprint density at radius 3 is 2.62 bits per heavy atom. The van der Waals surface area contributed by atoms with Gasteiger partial charge >= 0.3 is 0 Å². The van der Waals surface area contributed by atoms with Crippen LogP contribution in [0.25, 0.3) is 0 Å². The maximum absolute atomic E-state index is 11.8. The molecule has 4 unspecified atom stereocenters. The molecule has 3 heteroatoms. The summed E-state index contributed by atoms with van der Waals surface area (Å²) in [6.45, 7) is 6.29. The summed E-state index contributed by atoms with van der Waals surface area (Å²) in [5.41, 5.74) is 0. The minimum absolute atomic E-state index is 0.0846. The van der Waals surface area contributed by atoms with Crippen molar-refractivity contribution >= 4 is 5.91 Å². The number of amides is 1. The number of nitrogens with zero attached hydrogens (tertiary/aromatic N) is 1. The summed E-state index contributed by atoms with van der Waals surface area (Å²) < 4.78 is 0. The van der Waals surface area contributed by atoms with Gasteiger partial charge in [-0.1, -0.05) is 27.2 Å². The third-order valence-electron chi connectivity index (χ3n) is 3.96. The molecule has 90 valence electrons. The van der Waals surface area contributed by atoms with Crippen LogP contribution >= 0.6 is 0 Å². The largest absolute Gasteiger partial charge is 0.352 e. The molecule has 1 saturated carbocycles. The van der Waals surface area contributed by atoms with Gasteiger partial charge < -0.3 is 5.32 Å². The second kappa shape index (κ2) is 5.89. The van der Waals surface area contributed by atoms with E-state index in [2.05, 4.69) is 25.2 Å². The van der Waals surface area contributed by atoms with E-state index < -0.39 is 5.92 Å². The van der Waals surface area contributed by atoms with Crippen LogP contribution in [0, 0.1) is 29.1 Å². The SMILES string of the molecule is CCC(C#N)C(=O)NC1CCC(CC)C1C. The fourth-order valence-electron chi connectivity index (χ4n) is 2.65. The van der Waals surface area contributed by atoms with E-state index in [0.29, 0.717) is 12.3 Å². The molecule has 1 aliphatic carbocycles. The summed E-state index contributed by atoms with van der Waals surface area (Å²) in [4.78, 5) is 11.8. The first-order valence-electron chi connectivity index (χ1n) is 6.33. The molecule has 0 aliphatic heterocycles. The summed E-state index contributed by atoms with van der Waals surface area (Å²) in [5, 5.41) is 11.9. The van der Waals surface area contributed by atoms with Gasteiger partial charge in [0.1, 0.15) is 5.92 Å². The number of nitrogens with one attached hydrogen (secondary N) is 1. The van der Waals surface area contributed by atoms with E-state index in [0.717, 1.165) is 12.3 Å². The summed E-state index contributed by atoms with van der Waals surface area (Å²) >= 11 is 0. The first-order valence-corrected chi connectivity index (χ1v) is 6.33. The smallest absolute Gasteiger partial charge is 0.237 e. The highest BCUT2D eigenvalue weighted by Gasteiger charge is 2.33. The molecule has 0 aromatic rings. The number of carbonyl (C=O) groups is 1. The zero-order chi connectivity index (χ0) is 12.1. The molecule has 0 saturated heterocycles. The van der Waals surface area contributed by atoms with Gasteiger partial charge in [-0.05, 0) is 31.1 Å². The lowest BCUT2D eigenvalue weighted by Crippen LogP contribution is -2.40. The average Bonchev–Trinajstić information content (AvgIpc) is 2.62. The minimum Gasteiger partial charge on any atom is -0.352 e. The van der Waals surface area contributed by atoms with Crippen LogP contribution < -0.4 is 5.32 Å². The van der Waals surface area contributed by atoms with Crippen molar-refractivity contribution < 1.29 is 4.79 Å². The normalized spacial score (nSPS) is 30.8. The lowest BCUT2D eigenvalue weighted by molar-refractivity contribution is -0.124. The lowest BCUT2D eigenvalue weighted by atomic mass is 9.93. The van der Waals surface area contributed by atoms with Gasteiger partial charge in [-0.15, -0.1) is 0 Å². The van der Waals surface area contributed by atoms with Gasteiger partial charge in [0, 0.05) is 6.04 Å². The second-order valence-electron chi connectivity index (χ2n) is 4.81. The number of nitriles is 1. The van der Waals surface area contributed by atoms with Crippen LogP contribution in [0.1, 0.15) is 46.5 Å². The number of carbonyl (C=O) groups excluding carboxylic acids is 1. The Kier molecular flexibility index (Phi) is 4.79. The van der Waals surface area contributed by atoms with Crippen molar-refractivity contribution in [2.75, 3.05) is 0 Å². The maximum atomic E-state index is 11.8. The zero-order valence-electron chi connectivity index (χ0n) is 10.5. The maximum Gasteiger partial charge on any atom is 0.237 e. The van der Waals surface area contributed by atoms with Crippen LogP contribution in [-0.2, 0) is 4.79 Å². The van der Waals surface area contributed by atoms with Gasteiger partial charge in [0.25, 0.3) is 0 Å². The molecular formula is C13H22N2O. The van der Waals surface area contributed by atoms with E-state index in [1.165, 1.54) is 12.8 Å². The standard InChI is InChI=1S/C13H22N2O/c1-4-10-6-7-12(9(10)3)15-13(16)11(5-2)8-14/h9-12H,4-7H2,1-3H3,(H,15,16). The first-order chi connectivity index (χ1) is 7.63. The number of hydrogen-bond donors (Lipinski definition) is 1. The predicted octanol–water partition coefficient (Wildman–Crippen LogP) is 2.48. The van der Waals surface area contributed by atoms with E-state index >= 15 is 0 Å². The van der Waals surface area contributed by atoms with E-state index in [-0.39, 0.29) is 11.9 Å². The Hall–Kier alpha value is -1.04. The molecule has 1 rings (SSSR count). The number of rotatable bonds is 4. The molecular weight excluding hydrogens is 200 g/mol. The van der Waals surface area contributed by atoms with Crippen molar-refractivity contribution in [1.82, 2.24) is 5.32 Å². The van der Waals surface area contributed by atoms with Gasteiger partial charge in [-0.25, -0.2) is 0 Å². The second-order valence-corrected chi connectivity index (χ2v) is 4.81. The van der Waals surface area contributed by atoms with Crippen LogP contribution in [0.4, 0.5) is 0 Å². The van der Waals surface area contributed by atoms with Crippen molar-refractivity contribution in [3.05, 3.63) is 0 Å². The van der Waals surface area contributed by atoms with Gasteiger partial charge in [0.2, 0.25) is 5.91 Å². The highest BCUT2D eigenvalue weighted by atomic mass is 16.1. The molecule has 1 aliphatic rings. The highest BCUT2D eigenvalue weighted by molar-refractivity contribution is 5.81. The Bertz CT molecular complexity index is 282. The Morgan fingerprint density at radius 2 is 2.19 bits per heavy atom. The molecule has 16 heavy (non-hydrogen) atoms. The van der Waals surface area contributed by atoms with Gasteiger partial charge in [-0.3, -0.25) is 4.79 Å². The Morgan fingerprint density at radius 1 is 1.50 bits per heavy atom. The molecule has 1 fully saturated rings. The summed E-state index contributed by atoms with van der Waals surface area (Å²) in [6, 6.07) is 2.33. The lowest BCUT2D eigenvalue weighted by Gasteiger charge is -2.21. The molecule has 0 aromatic heterocycles. The van der Waals surface area contributed by atoms with E-state index in [4.69, 9.17) is 5.26 Å². The van der Waals surface area contributed by atoms with Crippen molar-refractivity contribution in [2.45, 2.75) is 52.5 Å². The molecule has 3 nitrogen and oxygen atoms in total. The van der Waals surface area contributed by atoms with E-state index in [1.807, 2.05) is 6.92 Å². The Labute approximate surface area is 98.2 Å². The summed E-state index contributed by atoms with van der Waals surface area (Å²) in [5.74, 6) is 0.712. The van der Waals surface area contributed by atoms with Crippen LogP contribution in [0.5, 0.6) is 0 Å². The topological polar surface area (TPSA) is 52.9 Å². The predicted molar refractivity (Wildman–Crippen MR) is 63.5 cm³/mol. The fraction of sp³-hybridized carbons (Fsp3) is 0.846. The van der Waals surface area contributed by atoms with Crippen molar-refractivity contribution in [3.63, 3.8) is 0 Å². The molecule has 0 bridgehead atoms. The van der Waals surface area contributed by atoms with Crippen molar-refractivity contribution in [2.24, 2.45) is 17.8 Å². The Balaban J connectivity index is 2.50. The van der Waals surface area contributed by atoms with Crippen LogP contribution in [0.2, 0.25) is 0 Å². The van der Waals surface area contributed by atoms with E-state index in [1.54, 1.807) is 0 Å².